The normalized spacial score (nSPS) is 14.2. The summed E-state index contributed by atoms with van der Waals surface area (Å²) in [5.74, 6) is -0.520. The van der Waals surface area contributed by atoms with E-state index in [4.69, 9.17) is 5.73 Å². The number of para-hydroxylation sites is 1. The topological polar surface area (TPSA) is 90.0 Å². The van der Waals surface area contributed by atoms with Crippen LogP contribution < -0.4 is 11.1 Å². The number of aromatic nitrogens is 2. The third kappa shape index (κ3) is 1.46. The van der Waals surface area contributed by atoms with Gasteiger partial charge in [-0.05, 0) is 12.1 Å². The minimum Gasteiger partial charge on any atom is -0.383 e. The molecule has 3 rings (SSSR count). The lowest BCUT2D eigenvalue weighted by atomic mass is 10.1. The number of nitrogens with two attached hydrogens (primary N) is 1. The standard InChI is InChI=1S/C12H10N4O2/c13-11-8-6-9(17)14-12(18)10(8)15-16(11)7-4-2-1-3-5-7/h1-5H,6,13H2,(H,14,17,18). The Morgan fingerprint density at radius 2 is 1.94 bits per heavy atom. The molecule has 0 bridgehead atoms. The molecule has 2 heterocycles. The van der Waals surface area contributed by atoms with Crippen LogP contribution in [0.25, 0.3) is 5.69 Å². The molecule has 1 aromatic carbocycles. The van der Waals surface area contributed by atoms with Gasteiger partial charge in [0.25, 0.3) is 5.91 Å². The van der Waals surface area contributed by atoms with E-state index in [9.17, 15) is 9.59 Å². The van der Waals surface area contributed by atoms with Crippen LogP contribution in [0.3, 0.4) is 0 Å². The van der Waals surface area contributed by atoms with Gasteiger partial charge in [0.05, 0.1) is 12.1 Å². The highest BCUT2D eigenvalue weighted by Crippen LogP contribution is 2.23. The van der Waals surface area contributed by atoms with Gasteiger partial charge >= 0.3 is 0 Å². The van der Waals surface area contributed by atoms with Crippen LogP contribution in [0.2, 0.25) is 0 Å². The first-order valence-electron chi connectivity index (χ1n) is 5.44. The lowest BCUT2D eigenvalue weighted by Crippen LogP contribution is -2.37. The predicted octanol–water partition coefficient (Wildman–Crippen LogP) is 0.267. The van der Waals surface area contributed by atoms with Crippen molar-refractivity contribution < 1.29 is 9.59 Å². The lowest BCUT2D eigenvalue weighted by molar-refractivity contribution is -0.119. The number of nitrogens with one attached hydrogen (secondary N) is 1. The Morgan fingerprint density at radius 3 is 2.67 bits per heavy atom. The summed E-state index contributed by atoms with van der Waals surface area (Å²) in [5, 5.41) is 6.38. The molecule has 2 aromatic rings. The van der Waals surface area contributed by atoms with Gasteiger partial charge in [0.15, 0.2) is 5.69 Å². The highest BCUT2D eigenvalue weighted by molar-refractivity contribution is 6.09. The summed E-state index contributed by atoms with van der Waals surface area (Å²) in [7, 11) is 0. The van der Waals surface area contributed by atoms with Crippen LogP contribution in [0.1, 0.15) is 16.1 Å². The molecule has 0 aliphatic carbocycles. The van der Waals surface area contributed by atoms with Crippen molar-refractivity contribution in [2.75, 3.05) is 5.73 Å². The van der Waals surface area contributed by atoms with Gasteiger partial charge in [-0.1, -0.05) is 18.2 Å². The number of carbonyl (C=O) groups is 2. The number of hydrogen-bond donors (Lipinski definition) is 2. The van der Waals surface area contributed by atoms with Crippen LogP contribution in [0.5, 0.6) is 0 Å². The molecule has 0 saturated heterocycles. The summed E-state index contributed by atoms with van der Waals surface area (Å²) in [4.78, 5) is 22.9. The van der Waals surface area contributed by atoms with Crippen LogP contribution in [0.4, 0.5) is 5.82 Å². The predicted molar refractivity (Wildman–Crippen MR) is 64.2 cm³/mol. The van der Waals surface area contributed by atoms with Crippen LogP contribution in [0, 0.1) is 0 Å². The van der Waals surface area contributed by atoms with Crippen molar-refractivity contribution in [3.05, 3.63) is 41.6 Å². The average molecular weight is 242 g/mol. The lowest BCUT2D eigenvalue weighted by Gasteiger charge is -2.09. The fourth-order valence-electron chi connectivity index (χ4n) is 1.98. The molecule has 3 N–H and O–H groups in total. The number of amides is 2. The van der Waals surface area contributed by atoms with Crippen molar-refractivity contribution in [2.24, 2.45) is 0 Å². The van der Waals surface area contributed by atoms with E-state index in [1.807, 2.05) is 30.3 Å². The molecule has 0 saturated carbocycles. The molecule has 1 aliphatic rings. The molecule has 0 spiro atoms. The number of nitrogens with zero attached hydrogens (tertiary/aromatic N) is 2. The zero-order valence-electron chi connectivity index (χ0n) is 9.38. The maximum atomic E-state index is 11.6. The Kier molecular flexibility index (Phi) is 2.16. The van der Waals surface area contributed by atoms with Crippen molar-refractivity contribution in [1.82, 2.24) is 15.1 Å². The van der Waals surface area contributed by atoms with Gasteiger partial charge in [0, 0.05) is 5.56 Å². The Morgan fingerprint density at radius 1 is 1.22 bits per heavy atom. The van der Waals surface area contributed by atoms with Crippen molar-refractivity contribution >= 4 is 17.6 Å². The number of carbonyl (C=O) groups excluding carboxylic acids is 2. The Labute approximate surface area is 102 Å². The first-order chi connectivity index (χ1) is 8.66. The third-order valence-electron chi connectivity index (χ3n) is 2.83. The summed E-state index contributed by atoms with van der Waals surface area (Å²) in [5.41, 5.74) is 7.41. The molecule has 2 amide bonds. The number of imide groups is 1. The first kappa shape index (κ1) is 10.5. The van der Waals surface area contributed by atoms with Gasteiger partial charge in [0.1, 0.15) is 5.82 Å². The molecule has 6 heteroatoms. The molecular formula is C12H10N4O2. The average Bonchev–Trinajstić information content (AvgIpc) is 2.69. The summed E-state index contributed by atoms with van der Waals surface area (Å²) in [6, 6.07) is 9.23. The summed E-state index contributed by atoms with van der Waals surface area (Å²) in [6.07, 6.45) is 0.0831. The molecule has 1 aliphatic heterocycles. The molecular weight excluding hydrogens is 232 g/mol. The van der Waals surface area contributed by atoms with Crippen LogP contribution in [0.15, 0.2) is 30.3 Å². The van der Waals surface area contributed by atoms with Gasteiger partial charge in [-0.15, -0.1) is 0 Å². The summed E-state index contributed by atoms with van der Waals surface area (Å²) < 4.78 is 1.48. The quantitative estimate of drug-likeness (QED) is 0.702. The molecule has 90 valence electrons. The molecule has 18 heavy (non-hydrogen) atoms. The summed E-state index contributed by atoms with van der Waals surface area (Å²) in [6.45, 7) is 0. The van der Waals surface area contributed by atoms with E-state index in [1.165, 1.54) is 4.68 Å². The van der Waals surface area contributed by atoms with Gasteiger partial charge in [-0.2, -0.15) is 5.10 Å². The SMILES string of the molecule is Nc1c2c(nn1-c1ccccc1)C(=O)NC(=O)C2. The van der Waals surface area contributed by atoms with E-state index in [0.29, 0.717) is 11.4 Å². The zero-order chi connectivity index (χ0) is 12.7. The fourth-order valence-corrected chi connectivity index (χ4v) is 1.98. The van der Waals surface area contributed by atoms with Gasteiger partial charge in [-0.3, -0.25) is 14.9 Å². The Hall–Kier alpha value is -2.63. The second-order valence-electron chi connectivity index (χ2n) is 4.01. The minimum atomic E-state index is -0.498. The van der Waals surface area contributed by atoms with Gasteiger partial charge in [0.2, 0.25) is 5.91 Å². The summed E-state index contributed by atoms with van der Waals surface area (Å²) >= 11 is 0. The molecule has 0 radical (unpaired) electrons. The monoisotopic (exact) mass is 242 g/mol. The van der Waals surface area contributed by atoms with Gasteiger partial charge < -0.3 is 5.73 Å². The maximum absolute atomic E-state index is 11.6. The molecule has 0 unspecified atom stereocenters. The number of hydrogen-bond acceptors (Lipinski definition) is 4. The number of fused-ring (bicyclic) bond motifs is 1. The zero-order valence-corrected chi connectivity index (χ0v) is 9.38. The van der Waals surface area contributed by atoms with E-state index in [2.05, 4.69) is 10.4 Å². The molecule has 6 nitrogen and oxygen atoms in total. The van der Waals surface area contributed by atoms with Crippen LogP contribution in [-0.4, -0.2) is 21.6 Å². The first-order valence-corrected chi connectivity index (χ1v) is 5.44. The minimum absolute atomic E-state index is 0.0831. The number of anilines is 1. The van der Waals surface area contributed by atoms with E-state index in [-0.39, 0.29) is 18.0 Å². The van der Waals surface area contributed by atoms with Crippen LogP contribution >= 0.6 is 0 Å². The third-order valence-corrected chi connectivity index (χ3v) is 2.83. The molecule has 0 atom stereocenters. The Bertz CT molecular complexity index is 646. The van der Waals surface area contributed by atoms with Crippen LogP contribution in [-0.2, 0) is 11.2 Å². The van der Waals surface area contributed by atoms with Crippen molar-refractivity contribution in [1.29, 1.82) is 0 Å². The highest BCUT2D eigenvalue weighted by atomic mass is 16.2. The second-order valence-corrected chi connectivity index (χ2v) is 4.01. The molecule has 1 aromatic heterocycles. The largest absolute Gasteiger partial charge is 0.383 e. The fraction of sp³-hybridized carbons (Fsp3) is 0.0833. The van der Waals surface area contributed by atoms with E-state index in [1.54, 1.807) is 0 Å². The maximum Gasteiger partial charge on any atom is 0.278 e. The van der Waals surface area contributed by atoms with E-state index in [0.717, 1.165) is 5.69 Å². The highest BCUT2D eigenvalue weighted by Gasteiger charge is 2.29. The number of rotatable bonds is 1. The van der Waals surface area contributed by atoms with Crippen molar-refractivity contribution in [2.45, 2.75) is 6.42 Å². The number of nitrogen functional groups attached to an aromatic ring is 1. The Balaban J connectivity index is 2.18. The van der Waals surface area contributed by atoms with E-state index >= 15 is 0 Å². The second kappa shape index (κ2) is 3.69. The molecule has 0 fully saturated rings. The van der Waals surface area contributed by atoms with Gasteiger partial charge in [-0.25, -0.2) is 4.68 Å². The van der Waals surface area contributed by atoms with E-state index < -0.39 is 5.91 Å². The number of benzene rings is 1. The smallest absolute Gasteiger partial charge is 0.278 e. The van der Waals surface area contributed by atoms with Crippen molar-refractivity contribution in [3.8, 4) is 5.69 Å². The van der Waals surface area contributed by atoms with Crippen molar-refractivity contribution in [3.63, 3.8) is 0 Å².